The number of benzene rings is 1. The van der Waals surface area contributed by atoms with E-state index in [1.165, 1.54) is 24.4 Å². The molecule has 4 nitrogen and oxygen atoms in total. The van der Waals surface area contributed by atoms with Gasteiger partial charge in [0.25, 0.3) is 0 Å². The zero-order valence-electron chi connectivity index (χ0n) is 15.4. The number of fused-ring (bicyclic) bond motifs is 1. The van der Waals surface area contributed by atoms with Crippen LogP contribution in [0.1, 0.15) is 40.9 Å². The van der Waals surface area contributed by atoms with Gasteiger partial charge in [0.15, 0.2) is 5.17 Å². The average Bonchev–Trinajstić information content (AvgIpc) is 3.31. The Bertz CT molecular complexity index is 1060. The van der Waals surface area contributed by atoms with Gasteiger partial charge in [0.2, 0.25) is 0 Å². The third-order valence-corrected chi connectivity index (χ3v) is 6.68. The lowest BCUT2D eigenvalue weighted by atomic mass is 9.98. The summed E-state index contributed by atoms with van der Waals surface area (Å²) in [7, 11) is 0. The molecule has 0 bridgehead atoms. The van der Waals surface area contributed by atoms with E-state index in [9.17, 15) is 8.78 Å². The van der Waals surface area contributed by atoms with E-state index in [0.717, 1.165) is 0 Å². The maximum Gasteiger partial charge on any atom is 0.154 e. The first-order valence-corrected chi connectivity index (χ1v) is 9.80. The lowest BCUT2D eigenvalue weighted by Crippen LogP contribution is -2.17. The third-order valence-electron chi connectivity index (χ3n) is 5.32. The van der Waals surface area contributed by atoms with Crippen LogP contribution in [-0.2, 0) is 0 Å². The molecule has 0 saturated heterocycles. The largest absolute Gasteiger partial charge is 0.379 e. The van der Waals surface area contributed by atoms with Gasteiger partial charge in [-0.1, -0.05) is 24.8 Å². The van der Waals surface area contributed by atoms with Gasteiger partial charge in [-0.05, 0) is 48.2 Å². The van der Waals surface area contributed by atoms with E-state index in [4.69, 9.17) is 11.0 Å². The number of halogens is 2. The van der Waals surface area contributed by atoms with Gasteiger partial charge in [0, 0.05) is 22.9 Å². The fourth-order valence-electron chi connectivity index (χ4n) is 3.76. The first-order valence-electron chi connectivity index (χ1n) is 8.92. The minimum Gasteiger partial charge on any atom is -0.379 e. The van der Waals surface area contributed by atoms with Crippen molar-refractivity contribution in [3.8, 4) is 6.07 Å². The quantitative estimate of drug-likeness (QED) is 0.822. The molecule has 2 heterocycles. The zero-order chi connectivity index (χ0) is 20.0. The standard InChI is InChI=1S/C21H18F2N4S/c1-10-5-13(8-24)9-26-18(10)16(23)7-12-3-4-15(22)14(6-12)19-17-11(2)20(17)28-21(25)27-19/h3-7,9,11,17,19-20H,1-2H3,(H2,25,27)/b16-7-. The van der Waals surface area contributed by atoms with E-state index in [1.807, 2.05) is 6.07 Å². The van der Waals surface area contributed by atoms with Crippen molar-refractivity contribution in [2.45, 2.75) is 25.1 Å². The average molecular weight is 396 g/mol. The molecule has 28 heavy (non-hydrogen) atoms. The highest BCUT2D eigenvalue weighted by atomic mass is 32.2. The predicted molar refractivity (Wildman–Crippen MR) is 107 cm³/mol. The van der Waals surface area contributed by atoms with Crippen molar-refractivity contribution in [1.82, 2.24) is 4.98 Å². The topological polar surface area (TPSA) is 75.1 Å². The highest BCUT2D eigenvalue weighted by molar-refractivity contribution is 8.14. The summed E-state index contributed by atoms with van der Waals surface area (Å²) in [6.45, 7) is 3.81. The minimum absolute atomic E-state index is 0.164. The second-order valence-corrected chi connectivity index (χ2v) is 8.40. The van der Waals surface area contributed by atoms with Crippen LogP contribution in [0.4, 0.5) is 8.78 Å². The maximum absolute atomic E-state index is 14.8. The van der Waals surface area contributed by atoms with E-state index < -0.39 is 5.83 Å². The molecule has 142 valence electrons. The van der Waals surface area contributed by atoms with Gasteiger partial charge in [0.05, 0.1) is 11.6 Å². The molecule has 2 aromatic rings. The van der Waals surface area contributed by atoms with Crippen molar-refractivity contribution in [2.75, 3.05) is 0 Å². The van der Waals surface area contributed by atoms with Crippen LogP contribution in [0, 0.1) is 35.9 Å². The fourth-order valence-corrected chi connectivity index (χ4v) is 5.07. The number of nitrogens with zero attached hydrogens (tertiary/aromatic N) is 3. The Balaban J connectivity index is 1.69. The molecular formula is C21H18F2N4S. The van der Waals surface area contributed by atoms with E-state index in [0.29, 0.717) is 38.6 Å². The van der Waals surface area contributed by atoms with Crippen LogP contribution < -0.4 is 5.73 Å². The summed E-state index contributed by atoms with van der Waals surface area (Å²) in [5, 5.41) is 9.75. The number of hydrogen-bond acceptors (Lipinski definition) is 5. The van der Waals surface area contributed by atoms with Gasteiger partial charge in [-0.25, -0.2) is 8.78 Å². The number of pyridine rings is 1. The summed E-state index contributed by atoms with van der Waals surface area (Å²) in [6.07, 6.45) is 2.65. The summed E-state index contributed by atoms with van der Waals surface area (Å²) in [4.78, 5) is 8.49. The summed E-state index contributed by atoms with van der Waals surface area (Å²) < 4.78 is 29.3. The Morgan fingerprint density at radius 1 is 1.36 bits per heavy atom. The highest BCUT2D eigenvalue weighted by Gasteiger charge is 2.55. The molecule has 1 fully saturated rings. The van der Waals surface area contributed by atoms with Crippen molar-refractivity contribution in [3.63, 3.8) is 0 Å². The van der Waals surface area contributed by atoms with Crippen LogP contribution in [0.25, 0.3) is 11.9 Å². The number of rotatable bonds is 3. The Morgan fingerprint density at radius 3 is 2.86 bits per heavy atom. The minimum atomic E-state index is -0.542. The van der Waals surface area contributed by atoms with Crippen molar-refractivity contribution >= 4 is 28.8 Å². The molecule has 1 aliphatic carbocycles. The van der Waals surface area contributed by atoms with Gasteiger partial charge >= 0.3 is 0 Å². The monoisotopic (exact) mass is 396 g/mol. The first-order chi connectivity index (χ1) is 13.4. The number of amidine groups is 1. The van der Waals surface area contributed by atoms with Crippen LogP contribution in [0.15, 0.2) is 35.5 Å². The van der Waals surface area contributed by atoms with Gasteiger partial charge in [-0.3, -0.25) is 9.98 Å². The van der Waals surface area contributed by atoms with Gasteiger partial charge in [0.1, 0.15) is 23.4 Å². The Labute approximate surface area is 166 Å². The van der Waals surface area contributed by atoms with Crippen LogP contribution in [0.2, 0.25) is 0 Å². The number of nitrogens with two attached hydrogens (primary N) is 1. The molecule has 4 unspecified atom stereocenters. The lowest BCUT2D eigenvalue weighted by molar-refractivity contribution is 0.539. The molecule has 1 aliphatic heterocycles. The zero-order valence-corrected chi connectivity index (χ0v) is 16.2. The molecule has 0 spiro atoms. The Kier molecular flexibility index (Phi) is 4.68. The summed E-state index contributed by atoms with van der Waals surface area (Å²) in [6, 6.07) is 7.71. The van der Waals surface area contributed by atoms with Crippen LogP contribution >= 0.6 is 11.8 Å². The van der Waals surface area contributed by atoms with Crippen molar-refractivity contribution in [1.29, 1.82) is 5.26 Å². The number of nitriles is 1. The van der Waals surface area contributed by atoms with Crippen LogP contribution in [0.3, 0.4) is 0 Å². The molecule has 2 N–H and O–H groups in total. The van der Waals surface area contributed by atoms with Gasteiger partial charge in [-0.2, -0.15) is 5.26 Å². The molecule has 4 atom stereocenters. The smallest absolute Gasteiger partial charge is 0.154 e. The van der Waals surface area contributed by atoms with Crippen LogP contribution in [-0.4, -0.2) is 15.4 Å². The maximum atomic E-state index is 14.8. The molecular weight excluding hydrogens is 378 g/mol. The number of aliphatic imine (C=N–C) groups is 1. The number of thioether (sulfide) groups is 1. The molecule has 1 aromatic carbocycles. The van der Waals surface area contributed by atoms with E-state index in [2.05, 4.69) is 16.9 Å². The molecule has 7 heteroatoms. The first kappa shape index (κ1) is 18.6. The van der Waals surface area contributed by atoms with E-state index >= 15 is 0 Å². The van der Waals surface area contributed by atoms with Crippen LogP contribution in [0.5, 0.6) is 0 Å². The Hall–Kier alpha value is -2.72. The summed E-state index contributed by atoms with van der Waals surface area (Å²) in [5.41, 5.74) is 7.97. The summed E-state index contributed by atoms with van der Waals surface area (Å²) >= 11 is 1.55. The summed E-state index contributed by atoms with van der Waals surface area (Å²) in [5.74, 6) is -0.241. The molecule has 1 saturated carbocycles. The van der Waals surface area contributed by atoms with Crippen molar-refractivity contribution in [3.05, 3.63) is 64.2 Å². The van der Waals surface area contributed by atoms with Gasteiger partial charge < -0.3 is 5.73 Å². The normalized spacial score (nSPS) is 26.2. The Morgan fingerprint density at radius 2 is 2.14 bits per heavy atom. The molecule has 1 aromatic heterocycles. The number of aromatic nitrogens is 1. The molecule has 4 rings (SSSR count). The van der Waals surface area contributed by atoms with Crippen molar-refractivity contribution < 1.29 is 8.78 Å². The molecule has 2 aliphatic rings. The van der Waals surface area contributed by atoms with Crippen molar-refractivity contribution in [2.24, 2.45) is 22.6 Å². The van der Waals surface area contributed by atoms with Gasteiger partial charge in [-0.15, -0.1) is 0 Å². The second-order valence-electron chi connectivity index (χ2n) is 7.21. The second kappa shape index (κ2) is 7.02. The lowest BCUT2D eigenvalue weighted by Gasteiger charge is -2.19. The third kappa shape index (κ3) is 3.29. The van der Waals surface area contributed by atoms with E-state index in [-0.39, 0.29) is 23.5 Å². The highest BCUT2D eigenvalue weighted by Crippen LogP contribution is 2.58. The molecule has 0 amide bonds. The van der Waals surface area contributed by atoms with E-state index in [1.54, 1.807) is 30.8 Å². The predicted octanol–water partition coefficient (Wildman–Crippen LogP) is 4.61. The number of hydrogen-bond donors (Lipinski definition) is 1. The number of aryl methyl sites for hydroxylation is 1. The SMILES string of the molecule is Cc1cc(C#N)cnc1/C(F)=C/c1ccc(F)c(C2N=C(N)SC3C(C)C23)c1. The fraction of sp³-hybridized carbons (Fsp3) is 0.286. The molecule has 0 radical (unpaired) electrons.